The van der Waals surface area contributed by atoms with Crippen molar-refractivity contribution in [3.8, 4) is 0 Å². The van der Waals surface area contributed by atoms with Crippen LogP contribution < -0.4 is 57.7 Å². The first-order valence-corrected chi connectivity index (χ1v) is 35.4. The minimum absolute atomic E-state index is 0.180. The Morgan fingerprint density at radius 3 is 1.17 bits per heavy atom. The van der Waals surface area contributed by atoms with E-state index in [1.54, 1.807) is 37.2 Å². The number of ether oxygens (including phenoxy) is 2. The van der Waals surface area contributed by atoms with Crippen LogP contribution in [0.25, 0.3) is 16.9 Å². The maximum atomic E-state index is 12.7. The number of nitrogens with two attached hydrogens (primary N) is 1. The van der Waals surface area contributed by atoms with Crippen molar-refractivity contribution in [3.63, 3.8) is 0 Å². The number of alkyl carbamates (subject to hydrolysis) is 2. The van der Waals surface area contributed by atoms with Gasteiger partial charge in [0, 0.05) is 70.9 Å². The standard InChI is InChI=1S/C23H30N8O3.C20H24F2N8O.C18H22N8O.C10H20N2O2/c1-14-11-31-13-18(28-15(2)20(31)27-14)29-21(32)17-9-25-19(10-24-17)30-7-6-16(12-30)8-26-22(33)34-23(3,4)5;1-12-9-30-11-17(27-13(2)19(30)26-12)28-20(31)15-6-25-18(8-24-15)29-4-3-14(10-29)5-23-7-16(21)22;1-11-8-26-10-15(23-12(2)17(26)22-11)24-18(27)14-6-21-16(7-20-14)25-4-3-13(5-19)9-25;1-10(2,3)14-9(13)12-7-8-4-5-11-6-8/h9-11,13,16H,6-8,12H2,1-5H3,(H,26,33)(H,29,32);6,8-9,11,14,16,23H,3-5,7,10H2,1-2H3,(H,28,31);6-8,10,13H,3-5,9,19H2,1-2H3,(H,24,27);8,11H,4-7H2,1-3H3,(H,12,13)/t16-;14-;13-;8-/m0001/s1. The van der Waals surface area contributed by atoms with Crippen molar-refractivity contribution in [1.29, 1.82) is 0 Å². The van der Waals surface area contributed by atoms with Crippen LogP contribution in [0.3, 0.4) is 0 Å². The van der Waals surface area contributed by atoms with Gasteiger partial charge >= 0.3 is 12.2 Å². The van der Waals surface area contributed by atoms with E-state index < -0.39 is 29.6 Å². The van der Waals surface area contributed by atoms with Gasteiger partial charge in [-0.15, -0.1) is 0 Å². The highest BCUT2D eigenvalue weighted by atomic mass is 19.3. The number of halogens is 2. The van der Waals surface area contributed by atoms with Gasteiger partial charge in [0.2, 0.25) is 0 Å². The van der Waals surface area contributed by atoms with Crippen LogP contribution in [0.2, 0.25) is 0 Å². The highest BCUT2D eigenvalue weighted by molar-refractivity contribution is 6.03. The molecule has 13 heterocycles. The van der Waals surface area contributed by atoms with Crippen LogP contribution in [0.1, 0.15) is 133 Å². The summed E-state index contributed by atoms with van der Waals surface area (Å²) in [6.45, 7) is 31.4. The molecular weight excluding hydrogens is 1370 g/mol. The van der Waals surface area contributed by atoms with Crippen molar-refractivity contribution in [2.45, 2.75) is 126 Å². The molecule has 5 amide bonds. The summed E-state index contributed by atoms with van der Waals surface area (Å²) in [5, 5.41) is 19.9. The zero-order valence-corrected chi connectivity index (χ0v) is 62.1. The molecule has 106 heavy (non-hydrogen) atoms. The summed E-state index contributed by atoms with van der Waals surface area (Å²) in [5.41, 5.74) is 12.5. The predicted octanol–water partition coefficient (Wildman–Crippen LogP) is 7.10. The van der Waals surface area contributed by atoms with Crippen LogP contribution in [0.15, 0.2) is 74.4 Å². The Hall–Kier alpha value is -10.8. The zero-order chi connectivity index (χ0) is 76.0. The lowest BCUT2D eigenvalue weighted by Gasteiger charge is -2.21. The monoisotopic (exact) mass is 1460 g/mol. The third-order valence-corrected chi connectivity index (χ3v) is 17.4. The van der Waals surface area contributed by atoms with Crippen LogP contribution in [0.4, 0.5) is 53.3 Å². The third kappa shape index (κ3) is 22.1. The second-order valence-electron chi connectivity index (χ2n) is 28.8. The van der Waals surface area contributed by atoms with Crippen LogP contribution in [0, 0.1) is 65.2 Å². The van der Waals surface area contributed by atoms with Crippen molar-refractivity contribution in [1.82, 2.24) is 94.3 Å². The number of carbonyl (C=O) groups is 5. The molecule has 4 saturated heterocycles. The van der Waals surface area contributed by atoms with E-state index in [0.717, 1.165) is 123 Å². The molecule has 4 aliphatic rings. The van der Waals surface area contributed by atoms with E-state index in [1.807, 2.05) is 120 Å². The lowest BCUT2D eigenvalue weighted by Crippen LogP contribution is -2.36. The first-order chi connectivity index (χ1) is 50.5. The third-order valence-electron chi connectivity index (χ3n) is 17.4. The molecule has 0 spiro atoms. The number of hydrogen-bond acceptors (Lipinski definition) is 25. The Balaban J connectivity index is 0.000000157. The molecule has 0 unspecified atom stereocenters. The van der Waals surface area contributed by atoms with Crippen LogP contribution >= 0.6 is 0 Å². The summed E-state index contributed by atoms with van der Waals surface area (Å²) < 4.78 is 40.4. The van der Waals surface area contributed by atoms with Crippen LogP contribution in [-0.2, 0) is 9.47 Å². The van der Waals surface area contributed by atoms with Gasteiger partial charge < -0.3 is 80.3 Å². The number of carbonyl (C=O) groups excluding carboxylic acids is 5. The summed E-state index contributed by atoms with van der Waals surface area (Å²) in [6, 6.07) is 0. The quantitative estimate of drug-likeness (QED) is 0.0424. The molecule has 4 fully saturated rings. The van der Waals surface area contributed by atoms with Gasteiger partial charge in [-0.1, -0.05) is 0 Å². The fourth-order valence-corrected chi connectivity index (χ4v) is 12.4. The molecule has 9 aromatic rings. The molecule has 0 aliphatic carbocycles. The van der Waals surface area contributed by atoms with E-state index in [2.05, 4.69) is 107 Å². The summed E-state index contributed by atoms with van der Waals surface area (Å²) in [6.07, 6.45) is 20.9. The molecule has 35 heteroatoms. The molecule has 4 aliphatic heterocycles. The number of fused-ring (bicyclic) bond motifs is 3. The average Bonchev–Trinajstić information content (AvgIpc) is 1.63. The van der Waals surface area contributed by atoms with Crippen LogP contribution in [0.5, 0.6) is 0 Å². The second kappa shape index (κ2) is 34.9. The Labute approximate surface area is 612 Å². The maximum Gasteiger partial charge on any atom is 0.407 e. The molecule has 13 rings (SSSR count). The second-order valence-corrected chi connectivity index (χ2v) is 28.8. The SMILES string of the molecule is CC(C)(C)OC(=O)NC[C@@H]1CCNC1.Cc1cn2cc(NC(=O)c3cnc(N4CC[C@@H](CN)C4)cn3)nc(C)c2n1.Cc1cn2cc(NC(=O)c3cnc(N4CC[C@@H](CNC(=O)OC(C)(C)C)C4)cn3)nc(C)c2n1.Cc1cn2cc(NC(=O)c3cnc(N4CC[C@@H](CNCC(F)F)C4)cn3)nc(C)c2n1. The Morgan fingerprint density at radius 1 is 0.491 bits per heavy atom. The molecule has 9 aromatic heterocycles. The van der Waals surface area contributed by atoms with Gasteiger partial charge in [0.1, 0.15) is 63.2 Å². The minimum atomic E-state index is -2.34. The zero-order valence-electron chi connectivity index (χ0n) is 62.1. The fraction of sp³-hybridized carbons (Fsp3) is 0.507. The number of amides is 5. The Morgan fingerprint density at radius 2 is 0.849 bits per heavy atom. The molecule has 0 saturated carbocycles. The van der Waals surface area contributed by atoms with Crippen molar-refractivity contribution in [2.75, 3.05) is 116 Å². The molecular formula is C71H96F2N26O7. The summed E-state index contributed by atoms with van der Waals surface area (Å²) in [4.78, 5) is 119. The predicted molar refractivity (Wildman–Crippen MR) is 396 cm³/mol. The first kappa shape index (κ1) is 77.8. The summed E-state index contributed by atoms with van der Waals surface area (Å²) in [7, 11) is 0. The van der Waals surface area contributed by atoms with E-state index in [9.17, 15) is 32.8 Å². The van der Waals surface area contributed by atoms with E-state index in [4.69, 9.17) is 15.2 Å². The van der Waals surface area contributed by atoms with Gasteiger partial charge in [-0.3, -0.25) is 14.4 Å². The van der Waals surface area contributed by atoms with Gasteiger partial charge in [-0.2, -0.15) is 0 Å². The number of anilines is 6. The number of nitrogens with zero attached hydrogens (tertiary/aromatic N) is 18. The molecule has 9 N–H and O–H groups in total. The Bertz CT molecular complexity index is 4500. The molecule has 0 bridgehead atoms. The highest BCUT2D eigenvalue weighted by Crippen LogP contribution is 2.26. The number of aryl methyl sites for hydroxylation is 6. The smallest absolute Gasteiger partial charge is 0.407 e. The number of rotatable bonds is 18. The van der Waals surface area contributed by atoms with E-state index in [0.29, 0.717) is 79.3 Å². The lowest BCUT2D eigenvalue weighted by atomic mass is 10.1. The number of nitrogens with one attached hydrogen (secondary N) is 7. The molecule has 0 aromatic carbocycles. The summed E-state index contributed by atoms with van der Waals surface area (Å²) in [5.74, 6) is 3.86. The van der Waals surface area contributed by atoms with Crippen LogP contribution in [-0.4, -0.2) is 206 Å². The maximum absolute atomic E-state index is 12.7. The van der Waals surface area contributed by atoms with E-state index in [1.165, 1.54) is 18.6 Å². The van der Waals surface area contributed by atoms with E-state index >= 15 is 0 Å². The largest absolute Gasteiger partial charge is 0.444 e. The van der Waals surface area contributed by atoms with Crippen molar-refractivity contribution in [2.24, 2.45) is 29.4 Å². The van der Waals surface area contributed by atoms with Gasteiger partial charge in [0.25, 0.3) is 24.1 Å². The van der Waals surface area contributed by atoms with Crippen molar-refractivity contribution in [3.05, 3.63) is 126 Å². The van der Waals surface area contributed by atoms with Crippen molar-refractivity contribution >= 4 is 81.8 Å². The minimum Gasteiger partial charge on any atom is -0.444 e. The number of imidazole rings is 3. The first-order valence-electron chi connectivity index (χ1n) is 35.4. The van der Waals surface area contributed by atoms with Gasteiger partial charge in [-0.05, 0) is 159 Å². The van der Waals surface area contributed by atoms with Gasteiger partial charge in [0.05, 0.1) is 96.5 Å². The highest BCUT2D eigenvalue weighted by Gasteiger charge is 2.29. The Kier molecular flexibility index (Phi) is 25.6. The number of hydrogen-bond donors (Lipinski definition) is 8. The molecule has 566 valence electrons. The van der Waals surface area contributed by atoms with Gasteiger partial charge in [-0.25, -0.2) is 78.2 Å². The summed E-state index contributed by atoms with van der Waals surface area (Å²) >= 11 is 0. The fourth-order valence-electron chi connectivity index (χ4n) is 12.4. The molecule has 33 nitrogen and oxygen atoms in total. The number of alkyl halides is 2. The van der Waals surface area contributed by atoms with E-state index in [-0.39, 0.29) is 53.4 Å². The topological polar surface area (TPSA) is 392 Å². The van der Waals surface area contributed by atoms with Crippen molar-refractivity contribution < 1.29 is 42.2 Å². The van der Waals surface area contributed by atoms with Gasteiger partial charge in [0.15, 0.2) is 16.9 Å². The average molecular weight is 1460 g/mol. The molecule has 0 radical (unpaired) electrons. The molecule has 4 atom stereocenters. The normalized spacial score (nSPS) is 17.2. The number of aromatic nitrogens is 15. The lowest BCUT2D eigenvalue weighted by molar-refractivity contribution is 0.0509.